The minimum Gasteiger partial charge on any atom is -0.456 e. The lowest BCUT2D eigenvalue weighted by atomic mass is 10.1. The maximum absolute atomic E-state index is 12.9. The van der Waals surface area contributed by atoms with Crippen molar-refractivity contribution < 1.29 is 18.9 Å². The number of hydrogen-bond donors (Lipinski definition) is 1. The minimum absolute atomic E-state index is 0.0495. The van der Waals surface area contributed by atoms with Gasteiger partial charge in [0.15, 0.2) is 0 Å². The molecule has 208 valence electrons. The van der Waals surface area contributed by atoms with Crippen molar-refractivity contribution in [2.45, 2.75) is 13.3 Å². The molecule has 0 bridgehead atoms. The van der Waals surface area contributed by atoms with Crippen LogP contribution in [0.5, 0.6) is 0 Å². The molecule has 0 spiro atoms. The summed E-state index contributed by atoms with van der Waals surface area (Å²) in [5, 5.41) is 14.1. The number of rotatable bonds is 8. The summed E-state index contributed by atoms with van der Waals surface area (Å²) in [6, 6.07) is 25.0. The number of carbonyl (C=O) groups is 2. The maximum atomic E-state index is 12.9. The van der Waals surface area contributed by atoms with Crippen LogP contribution in [-0.4, -0.2) is 47.8 Å². The molecule has 0 atom stereocenters. The summed E-state index contributed by atoms with van der Waals surface area (Å²) in [5.41, 5.74) is 3.93. The molecule has 1 aliphatic heterocycles. The van der Waals surface area contributed by atoms with E-state index in [9.17, 15) is 19.7 Å². The molecule has 0 radical (unpaired) electrons. The highest BCUT2D eigenvalue weighted by atomic mass is 16.6. The van der Waals surface area contributed by atoms with Gasteiger partial charge >= 0.3 is 0 Å². The van der Waals surface area contributed by atoms with Crippen LogP contribution >= 0.6 is 0 Å². The molecule has 5 rings (SSSR count). The number of piperazine rings is 1. The summed E-state index contributed by atoms with van der Waals surface area (Å²) in [6.07, 6.45) is 3.81. The number of benzene rings is 3. The number of nitrogens with one attached hydrogen (secondary N) is 1. The van der Waals surface area contributed by atoms with Crippen molar-refractivity contribution in [3.05, 3.63) is 118 Å². The number of hydrogen-bond acceptors (Lipinski definition) is 6. The molecule has 1 N–H and O–H groups in total. The van der Waals surface area contributed by atoms with E-state index in [-0.39, 0.29) is 17.5 Å². The van der Waals surface area contributed by atoms with E-state index in [1.54, 1.807) is 30.3 Å². The van der Waals surface area contributed by atoms with Crippen LogP contribution in [0.15, 0.2) is 95.4 Å². The quantitative estimate of drug-likeness (QED) is 0.163. The Morgan fingerprint density at radius 3 is 2.32 bits per heavy atom. The minimum atomic E-state index is -0.458. The number of carbonyl (C=O) groups excluding carboxylic acids is 2. The number of nitrogens with zero attached hydrogens (tertiary/aromatic N) is 3. The van der Waals surface area contributed by atoms with Crippen molar-refractivity contribution >= 4 is 35.0 Å². The Bertz CT molecular complexity index is 1570. The van der Waals surface area contributed by atoms with Gasteiger partial charge in [-0.1, -0.05) is 31.2 Å². The van der Waals surface area contributed by atoms with Gasteiger partial charge in [-0.3, -0.25) is 19.7 Å². The van der Waals surface area contributed by atoms with Gasteiger partial charge in [-0.2, -0.15) is 0 Å². The molecule has 9 heteroatoms. The van der Waals surface area contributed by atoms with E-state index in [0.717, 1.165) is 30.8 Å². The molecular weight excluding hydrogens is 520 g/mol. The van der Waals surface area contributed by atoms with Crippen LogP contribution in [0.25, 0.3) is 17.4 Å². The molecular formula is C32H30N4O5. The molecule has 1 aromatic heterocycles. The van der Waals surface area contributed by atoms with Crippen LogP contribution < -0.4 is 10.2 Å². The van der Waals surface area contributed by atoms with Crippen LogP contribution in [-0.2, 0) is 11.2 Å². The summed E-state index contributed by atoms with van der Waals surface area (Å²) >= 11 is 0. The van der Waals surface area contributed by atoms with Crippen LogP contribution in [0.1, 0.15) is 28.6 Å². The third-order valence-electron chi connectivity index (χ3n) is 7.07. The first-order chi connectivity index (χ1) is 19.9. The zero-order valence-corrected chi connectivity index (χ0v) is 22.7. The fourth-order valence-electron chi connectivity index (χ4n) is 4.76. The molecule has 1 aliphatic rings. The van der Waals surface area contributed by atoms with Gasteiger partial charge in [0.1, 0.15) is 11.5 Å². The van der Waals surface area contributed by atoms with Gasteiger partial charge in [-0.05, 0) is 72.7 Å². The number of anilines is 2. The maximum Gasteiger partial charge on any atom is 0.280 e. The van der Waals surface area contributed by atoms with E-state index in [1.807, 2.05) is 53.4 Å². The summed E-state index contributed by atoms with van der Waals surface area (Å²) in [6.45, 7) is 4.83. The predicted octanol–water partition coefficient (Wildman–Crippen LogP) is 6.03. The molecule has 41 heavy (non-hydrogen) atoms. The monoisotopic (exact) mass is 550 g/mol. The number of furan rings is 1. The second-order valence-corrected chi connectivity index (χ2v) is 9.68. The van der Waals surface area contributed by atoms with Gasteiger partial charge in [-0.25, -0.2) is 0 Å². The Labute approximate surface area is 237 Å². The van der Waals surface area contributed by atoms with Crippen LogP contribution in [0, 0.1) is 10.1 Å². The first-order valence-corrected chi connectivity index (χ1v) is 13.5. The van der Waals surface area contributed by atoms with Crippen molar-refractivity contribution in [2.24, 2.45) is 0 Å². The van der Waals surface area contributed by atoms with Crippen molar-refractivity contribution in [2.75, 3.05) is 36.4 Å². The Morgan fingerprint density at radius 1 is 0.927 bits per heavy atom. The SMILES string of the molecule is CCc1ccc(C(=O)N2CCN(c3ccc(NC(=O)/C=C/c4ccc(-c5ccccc5[N+](=O)[O-])o4)cc3)CC2)cc1. The van der Waals surface area contributed by atoms with E-state index in [1.165, 1.54) is 23.8 Å². The van der Waals surface area contributed by atoms with Gasteiger partial charge in [0.25, 0.3) is 11.6 Å². The standard InChI is InChI=1S/C32H30N4O5/c1-2-23-7-9-24(10-8-23)32(38)35-21-19-34(20-22-35)26-13-11-25(12-14-26)33-31(37)18-16-27-15-17-30(41-27)28-5-3-4-6-29(28)36(39)40/h3-18H,2,19-22H2,1H3,(H,33,37)/b18-16+. The van der Waals surface area contributed by atoms with Crippen LogP contribution in [0.4, 0.5) is 17.1 Å². The van der Waals surface area contributed by atoms with Gasteiger partial charge in [0.2, 0.25) is 5.91 Å². The average Bonchev–Trinajstić information content (AvgIpc) is 3.49. The summed E-state index contributed by atoms with van der Waals surface area (Å²) in [7, 11) is 0. The number of aryl methyl sites for hydroxylation is 1. The topological polar surface area (TPSA) is 109 Å². The lowest BCUT2D eigenvalue weighted by molar-refractivity contribution is -0.384. The van der Waals surface area contributed by atoms with E-state index in [0.29, 0.717) is 35.9 Å². The van der Waals surface area contributed by atoms with Gasteiger partial charge < -0.3 is 19.5 Å². The normalized spacial score (nSPS) is 13.4. The zero-order valence-electron chi connectivity index (χ0n) is 22.7. The van der Waals surface area contributed by atoms with E-state index < -0.39 is 4.92 Å². The highest BCUT2D eigenvalue weighted by Gasteiger charge is 2.22. The number of amides is 2. The lowest BCUT2D eigenvalue weighted by Crippen LogP contribution is -2.48. The first kappa shape index (κ1) is 27.4. The van der Waals surface area contributed by atoms with Crippen molar-refractivity contribution in [1.29, 1.82) is 0 Å². The van der Waals surface area contributed by atoms with Crippen molar-refractivity contribution in [3.8, 4) is 11.3 Å². The molecule has 3 aromatic carbocycles. The summed E-state index contributed by atoms with van der Waals surface area (Å²) in [4.78, 5) is 40.3. The Morgan fingerprint density at radius 2 is 1.63 bits per heavy atom. The third kappa shape index (κ3) is 6.52. The molecule has 4 aromatic rings. The molecule has 1 saturated heterocycles. The Hall–Kier alpha value is -5.18. The molecule has 0 unspecified atom stereocenters. The average molecular weight is 551 g/mol. The van der Waals surface area contributed by atoms with E-state index in [4.69, 9.17) is 4.42 Å². The highest BCUT2D eigenvalue weighted by molar-refractivity contribution is 6.01. The second-order valence-electron chi connectivity index (χ2n) is 9.68. The molecule has 9 nitrogen and oxygen atoms in total. The second kappa shape index (κ2) is 12.3. The molecule has 0 aliphatic carbocycles. The number of nitro groups is 1. The molecule has 2 amide bonds. The largest absolute Gasteiger partial charge is 0.456 e. The predicted molar refractivity (Wildman–Crippen MR) is 159 cm³/mol. The number of para-hydroxylation sites is 1. The van der Waals surface area contributed by atoms with Crippen molar-refractivity contribution in [3.63, 3.8) is 0 Å². The number of nitro benzene ring substituents is 1. The van der Waals surface area contributed by atoms with Crippen LogP contribution in [0.2, 0.25) is 0 Å². The van der Waals surface area contributed by atoms with Gasteiger partial charge in [-0.15, -0.1) is 0 Å². The Kier molecular flexibility index (Phi) is 8.24. The summed E-state index contributed by atoms with van der Waals surface area (Å²) < 4.78 is 5.70. The molecule has 2 heterocycles. The van der Waals surface area contributed by atoms with Crippen LogP contribution in [0.3, 0.4) is 0 Å². The first-order valence-electron chi connectivity index (χ1n) is 13.5. The smallest absolute Gasteiger partial charge is 0.280 e. The molecule has 1 fully saturated rings. The highest BCUT2D eigenvalue weighted by Crippen LogP contribution is 2.31. The van der Waals surface area contributed by atoms with E-state index in [2.05, 4.69) is 17.1 Å². The zero-order chi connectivity index (χ0) is 28.8. The fraction of sp³-hybridized carbons (Fsp3) is 0.188. The summed E-state index contributed by atoms with van der Waals surface area (Å²) in [5.74, 6) is 0.481. The van der Waals surface area contributed by atoms with Crippen molar-refractivity contribution in [1.82, 2.24) is 4.90 Å². The molecule has 0 saturated carbocycles. The fourth-order valence-corrected chi connectivity index (χ4v) is 4.76. The Balaban J connectivity index is 1.13. The van der Waals surface area contributed by atoms with E-state index >= 15 is 0 Å². The lowest BCUT2D eigenvalue weighted by Gasteiger charge is -2.36. The third-order valence-corrected chi connectivity index (χ3v) is 7.07. The van der Waals surface area contributed by atoms with Gasteiger partial charge in [0.05, 0.1) is 10.5 Å². The van der Waals surface area contributed by atoms with Gasteiger partial charge in [0, 0.05) is 55.3 Å².